The zero-order chi connectivity index (χ0) is 14.0. The molecular weight excluding hydrogens is 273 g/mol. The summed E-state index contributed by atoms with van der Waals surface area (Å²) in [6, 6.07) is 0. The van der Waals surface area contributed by atoms with Gasteiger partial charge >= 0.3 is 6.18 Å². The van der Waals surface area contributed by atoms with Crippen molar-refractivity contribution < 1.29 is 26.4 Å². The van der Waals surface area contributed by atoms with Crippen LogP contribution in [-0.4, -0.2) is 44.3 Å². The summed E-state index contributed by atoms with van der Waals surface area (Å²) < 4.78 is 61.3. The summed E-state index contributed by atoms with van der Waals surface area (Å²) in [4.78, 5) is 11.1. The minimum absolute atomic E-state index is 0.0182. The van der Waals surface area contributed by atoms with Gasteiger partial charge in [0.25, 0.3) is 10.2 Å². The van der Waals surface area contributed by atoms with Crippen molar-refractivity contribution in [3.8, 4) is 0 Å². The number of nitrogens with zero attached hydrogens (tertiary/aromatic N) is 1. The third-order valence-electron chi connectivity index (χ3n) is 2.82. The maximum atomic E-state index is 11.9. The lowest BCUT2D eigenvalue weighted by Crippen LogP contribution is -2.47. The molecule has 1 aliphatic rings. The van der Waals surface area contributed by atoms with Gasteiger partial charge in [-0.15, -0.1) is 0 Å². The van der Waals surface area contributed by atoms with Crippen LogP contribution in [0.15, 0.2) is 0 Å². The van der Waals surface area contributed by atoms with Gasteiger partial charge in [-0.1, -0.05) is 0 Å². The summed E-state index contributed by atoms with van der Waals surface area (Å²) in [6.45, 7) is -0.0203. The van der Waals surface area contributed by atoms with Gasteiger partial charge in [-0.3, -0.25) is 4.79 Å². The van der Waals surface area contributed by atoms with Gasteiger partial charge in [0.05, 0.1) is 0 Å². The molecule has 1 heterocycles. The van der Waals surface area contributed by atoms with E-state index < -0.39 is 22.9 Å². The predicted octanol–water partition coefficient (Wildman–Crippen LogP) is 0.684. The molecule has 1 fully saturated rings. The van der Waals surface area contributed by atoms with E-state index in [0.29, 0.717) is 12.8 Å². The lowest BCUT2D eigenvalue weighted by Gasteiger charge is -2.30. The van der Waals surface area contributed by atoms with Gasteiger partial charge in [-0.2, -0.15) is 30.6 Å². The molecule has 106 valence electrons. The van der Waals surface area contributed by atoms with E-state index >= 15 is 0 Å². The number of nitrogens with one attached hydrogen (secondary N) is 1. The number of ketones is 1. The molecule has 1 aliphatic heterocycles. The van der Waals surface area contributed by atoms with E-state index in [0.717, 1.165) is 4.31 Å². The molecule has 0 atom stereocenters. The fourth-order valence-electron chi connectivity index (χ4n) is 1.77. The van der Waals surface area contributed by atoms with Crippen molar-refractivity contribution in [3.63, 3.8) is 0 Å². The van der Waals surface area contributed by atoms with Gasteiger partial charge in [0.2, 0.25) is 0 Å². The monoisotopic (exact) mass is 288 g/mol. The predicted molar refractivity (Wildman–Crippen MR) is 58.0 cm³/mol. The second-order valence-corrected chi connectivity index (χ2v) is 5.98. The summed E-state index contributed by atoms with van der Waals surface area (Å²) in [6.07, 6.45) is -3.88. The van der Waals surface area contributed by atoms with Crippen LogP contribution in [0.25, 0.3) is 0 Å². The first-order valence-electron chi connectivity index (χ1n) is 5.44. The Hall–Kier alpha value is -0.670. The SMILES string of the molecule is CC(=O)C1CCN(S(=O)(=O)NCC(F)(F)F)CC1. The molecule has 0 aromatic heterocycles. The van der Waals surface area contributed by atoms with E-state index in [2.05, 4.69) is 0 Å². The van der Waals surface area contributed by atoms with Crippen molar-refractivity contribution in [1.29, 1.82) is 0 Å². The molecule has 0 saturated carbocycles. The van der Waals surface area contributed by atoms with Gasteiger partial charge in [0.15, 0.2) is 0 Å². The van der Waals surface area contributed by atoms with Crippen molar-refractivity contribution in [2.45, 2.75) is 25.9 Å². The van der Waals surface area contributed by atoms with Gasteiger partial charge in [-0.05, 0) is 19.8 Å². The number of alkyl halides is 3. The number of hydrogen-bond acceptors (Lipinski definition) is 3. The molecular formula is C9H15F3N2O3S. The Morgan fingerprint density at radius 2 is 1.83 bits per heavy atom. The van der Waals surface area contributed by atoms with Crippen LogP contribution >= 0.6 is 0 Å². The number of piperidine rings is 1. The quantitative estimate of drug-likeness (QED) is 0.827. The average molecular weight is 288 g/mol. The third-order valence-corrected chi connectivity index (χ3v) is 4.38. The smallest absolute Gasteiger partial charge is 0.300 e. The first-order chi connectivity index (χ1) is 8.12. The third kappa shape index (κ3) is 4.54. The Balaban J connectivity index is 2.53. The zero-order valence-electron chi connectivity index (χ0n) is 9.83. The summed E-state index contributed by atoms with van der Waals surface area (Å²) in [5.41, 5.74) is 0. The molecule has 0 bridgehead atoms. The summed E-state index contributed by atoms with van der Waals surface area (Å²) in [7, 11) is -4.11. The molecule has 1 rings (SSSR count). The highest BCUT2D eigenvalue weighted by atomic mass is 32.2. The van der Waals surface area contributed by atoms with E-state index in [1.807, 2.05) is 0 Å². The Morgan fingerprint density at radius 1 is 1.33 bits per heavy atom. The van der Waals surface area contributed by atoms with Gasteiger partial charge in [0.1, 0.15) is 12.3 Å². The summed E-state index contributed by atoms with van der Waals surface area (Å²) >= 11 is 0. The minimum Gasteiger partial charge on any atom is -0.300 e. The van der Waals surface area contributed by atoms with Crippen LogP contribution in [0.3, 0.4) is 0 Å². The molecule has 0 unspecified atom stereocenters. The van der Waals surface area contributed by atoms with Crippen molar-refractivity contribution in [3.05, 3.63) is 0 Å². The Morgan fingerprint density at radius 3 is 2.22 bits per heavy atom. The molecule has 1 saturated heterocycles. The average Bonchev–Trinajstić information content (AvgIpc) is 2.26. The fourth-order valence-corrected chi connectivity index (χ4v) is 2.99. The number of carbonyl (C=O) groups excluding carboxylic acids is 1. The van der Waals surface area contributed by atoms with E-state index in [-0.39, 0.29) is 24.8 Å². The van der Waals surface area contributed by atoms with Gasteiger partial charge < -0.3 is 0 Å². The highest BCUT2D eigenvalue weighted by Gasteiger charge is 2.34. The molecule has 0 radical (unpaired) electrons. The largest absolute Gasteiger partial charge is 0.402 e. The molecule has 5 nitrogen and oxygen atoms in total. The van der Waals surface area contributed by atoms with Crippen LogP contribution in [0.1, 0.15) is 19.8 Å². The molecule has 0 amide bonds. The highest BCUT2D eigenvalue weighted by Crippen LogP contribution is 2.20. The van der Waals surface area contributed by atoms with Crippen molar-refractivity contribution in [2.75, 3.05) is 19.6 Å². The van der Waals surface area contributed by atoms with E-state index in [9.17, 15) is 26.4 Å². The summed E-state index contributed by atoms with van der Waals surface area (Å²) in [5.74, 6) is -0.214. The second kappa shape index (κ2) is 5.54. The highest BCUT2D eigenvalue weighted by molar-refractivity contribution is 7.87. The summed E-state index contributed by atoms with van der Waals surface area (Å²) in [5, 5.41) is 0. The molecule has 0 aromatic rings. The number of Topliss-reactive ketones (excluding diaryl/α,β-unsaturated/α-hetero) is 1. The fraction of sp³-hybridized carbons (Fsp3) is 0.889. The first-order valence-corrected chi connectivity index (χ1v) is 6.88. The van der Waals surface area contributed by atoms with Crippen LogP contribution in [0.2, 0.25) is 0 Å². The maximum absolute atomic E-state index is 11.9. The molecule has 9 heteroatoms. The first kappa shape index (κ1) is 15.4. The lowest BCUT2D eigenvalue weighted by atomic mass is 9.95. The molecule has 1 N–H and O–H groups in total. The number of halogens is 3. The molecule has 0 aliphatic carbocycles. The minimum atomic E-state index is -4.58. The van der Waals surface area contributed by atoms with E-state index in [1.54, 1.807) is 0 Å². The molecule has 0 spiro atoms. The van der Waals surface area contributed by atoms with Crippen LogP contribution < -0.4 is 4.72 Å². The Labute approximate surface area is 104 Å². The van der Waals surface area contributed by atoms with Crippen LogP contribution in [0.5, 0.6) is 0 Å². The normalized spacial score (nSPS) is 20.0. The second-order valence-electron chi connectivity index (χ2n) is 4.23. The van der Waals surface area contributed by atoms with Crippen LogP contribution in [-0.2, 0) is 15.0 Å². The van der Waals surface area contributed by atoms with Crippen molar-refractivity contribution in [2.24, 2.45) is 5.92 Å². The van der Waals surface area contributed by atoms with Crippen molar-refractivity contribution in [1.82, 2.24) is 9.03 Å². The number of carbonyl (C=O) groups is 1. The lowest BCUT2D eigenvalue weighted by molar-refractivity contribution is -0.121. The molecule has 18 heavy (non-hydrogen) atoms. The molecule has 0 aromatic carbocycles. The number of hydrogen-bond donors (Lipinski definition) is 1. The number of rotatable bonds is 4. The van der Waals surface area contributed by atoms with Gasteiger partial charge in [0, 0.05) is 19.0 Å². The topological polar surface area (TPSA) is 66.5 Å². The van der Waals surface area contributed by atoms with Crippen LogP contribution in [0.4, 0.5) is 13.2 Å². The maximum Gasteiger partial charge on any atom is 0.402 e. The standard InChI is InChI=1S/C9H15F3N2O3S/c1-7(15)8-2-4-14(5-3-8)18(16,17)13-6-9(10,11)12/h8,13H,2-6H2,1H3. The van der Waals surface area contributed by atoms with Crippen LogP contribution in [0, 0.1) is 5.92 Å². The Bertz CT molecular complexity index is 400. The van der Waals surface area contributed by atoms with E-state index in [1.165, 1.54) is 11.6 Å². The Kier molecular flexibility index (Phi) is 4.73. The van der Waals surface area contributed by atoms with Gasteiger partial charge in [-0.25, -0.2) is 0 Å². The zero-order valence-corrected chi connectivity index (χ0v) is 10.6. The van der Waals surface area contributed by atoms with Crippen molar-refractivity contribution >= 4 is 16.0 Å². The van der Waals surface area contributed by atoms with E-state index in [4.69, 9.17) is 0 Å².